The second-order valence-corrected chi connectivity index (χ2v) is 8.43. The predicted molar refractivity (Wildman–Crippen MR) is 126 cm³/mol. The van der Waals surface area contributed by atoms with E-state index < -0.39 is 23.7 Å². The van der Waals surface area contributed by atoms with Crippen LogP contribution in [-0.4, -0.2) is 74.1 Å². The Labute approximate surface area is 202 Å². The molecule has 0 radical (unpaired) electrons. The quantitative estimate of drug-likeness (QED) is 0.496. The molecule has 1 unspecified atom stereocenters. The number of hydrazine groups is 1. The summed E-state index contributed by atoms with van der Waals surface area (Å²) in [5, 5.41) is 13.2. The lowest BCUT2D eigenvalue weighted by atomic mass is 10.1. The molecule has 3 N–H and O–H groups in total. The lowest BCUT2D eigenvalue weighted by Gasteiger charge is -2.25. The Hall–Kier alpha value is -2.86. The number of aliphatic hydroxyl groups excluding tert-OH is 1. The molecule has 0 aromatic heterocycles. The van der Waals surface area contributed by atoms with E-state index in [1.54, 1.807) is 18.1 Å². The number of aliphatic hydroxyl groups is 1. The number of benzene rings is 2. The van der Waals surface area contributed by atoms with Gasteiger partial charge in [-0.05, 0) is 42.7 Å². The van der Waals surface area contributed by atoms with Crippen molar-refractivity contribution in [1.29, 1.82) is 0 Å². The minimum Gasteiger partial charge on any atom is -0.439 e. The first-order valence-corrected chi connectivity index (χ1v) is 11.6. The van der Waals surface area contributed by atoms with Crippen molar-refractivity contribution in [3.8, 4) is 0 Å². The third-order valence-corrected chi connectivity index (χ3v) is 5.93. The number of nitrogens with one attached hydrogen (secondary N) is 2. The molecular weight excluding hydrogens is 463 g/mol. The van der Waals surface area contributed by atoms with Gasteiger partial charge in [0.05, 0.1) is 31.1 Å². The van der Waals surface area contributed by atoms with Gasteiger partial charge in [0.1, 0.15) is 5.82 Å². The summed E-state index contributed by atoms with van der Waals surface area (Å²) in [6.07, 6.45) is 0.193. The molecule has 8 nitrogen and oxygen atoms in total. The molecule has 2 aromatic carbocycles. The van der Waals surface area contributed by atoms with Crippen molar-refractivity contribution in [1.82, 2.24) is 15.3 Å². The molecular formula is C24H30F3N5O3. The third kappa shape index (κ3) is 6.23. The molecule has 2 saturated heterocycles. The van der Waals surface area contributed by atoms with Gasteiger partial charge in [-0.1, -0.05) is 6.07 Å². The van der Waals surface area contributed by atoms with Gasteiger partial charge in [0.25, 0.3) is 0 Å². The van der Waals surface area contributed by atoms with Crippen LogP contribution in [0.5, 0.6) is 0 Å². The summed E-state index contributed by atoms with van der Waals surface area (Å²) in [5.74, 6) is -2.82. The molecule has 0 spiro atoms. The topological polar surface area (TPSA) is 81.6 Å². The fourth-order valence-corrected chi connectivity index (χ4v) is 4.01. The predicted octanol–water partition coefficient (Wildman–Crippen LogP) is 2.93. The molecule has 2 heterocycles. The van der Waals surface area contributed by atoms with Crippen LogP contribution >= 0.6 is 0 Å². The van der Waals surface area contributed by atoms with Crippen molar-refractivity contribution in [2.24, 2.45) is 4.99 Å². The fraction of sp³-hybridized carbons (Fsp3) is 0.458. The van der Waals surface area contributed by atoms with Gasteiger partial charge < -0.3 is 19.9 Å². The van der Waals surface area contributed by atoms with Gasteiger partial charge in [0.15, 0.2) is 17.9 Å². The number of ether oxygens (including phenoxy) is 2. The normalized spacial score (nSPS) is 20.1. The molecule has 0 saturated carbocycles. The summed E-state index contributed by atoms with van der Waals surface area (Å²) in [6.45, 7) is 4.36. The molecule has 0 bridgehead atoms. The van der Waals surface area contributed by atoms with Crippen LogP contribution in [-0.2, 0) is 15.9 Å². The zero-order valence-electron chi connectivity index (χ0n) is 19.6. The third-order valence-electron chi connectivity index (χ3n) is 5.93. The first-order chi connectivity index (χ1) is 17.0. The highest BCUT2D eigenvalue weighted by atomic mass is 19.2. The van der Waals surface area contributed by atoms with Crippen molar-refractivity contribution in [2.75, 3.05) is 58.4 Å². The zero-order valence-corrected chi connectivity index (χ0v) is 19.6. The summed E-state index contributed by atoms with van der Waals surface area (Å²) >= 11 is 0. The first kappa shape index (κ1) is 25.2. The van der Waals surface area contributed by atoms with Gasteiger partial charge in [0, 0.05) is 38.9 Å². The number of anilines is 2. The summed E-state index contributed by atoms with van der Waals surface area (Å²) in [4.78, 5) is 6.68. The molecule has 0 aliphatic carbocycles. The Morgan fingerprint density at radius 2 is 1.94 bits per heavy atom. The van der Waals surface area contributed by atoms with Crippen LogP contribution in [0.2, 0.25) is 0 Å². The molecule has 190 valence electrons. The number of nitrogens with zero attached hydrogens (tertiary/aromatic N) is 3. The smallest absolute Gasteiger partial charge is 0.301 e. The maximum atomic E-state index is 14.9. The van der Waals surface area contributed by atoms with Crippen molar-refractivity contribution >= 4 is 17.4 Å². The van der Waals surface area contributed by atoms with E-state index in [0.717, 1.165) is 25.7 Å². The summed E-state index contributed by atoms with van der Waals surface area (Å²) in [6, 6.07) is 7.13. The maximum Gasteiger partial charge on any atom is 0.301 e. The van der Waals surface area contributed by atoms with E-state index in [4.69, 9.17) is 14.6 Å². The molecule has 0 amide bonds. The zero-order chi connectivity index (χ0) is 24.8. The van der Waals surface area contributed by atoms with Gasteiger partial charge in [0.2, 0.25) is 0 Å². The van der Waals surface area contributed by atoms with Crippen molar-refractivity contribution < 1.29 is 27.8 Å². The number of hydrogen-bond donors (Lipinski definition) is 3. The lowest BCUT2D eigenvalue weighted by molar-refractivity contribution is 0.0393. The van der Waals surface area contributed by atoms with Gasteiger partial charge in [-0.25, -0.2) is 18.2 Å². The number of aliphatic imine (C=N–C) groups is 1. The number of halogens is 3. The molecule has 35 heavy (non-hydrogen) atoms. The van der Waals surface area contributed by atoms with Crippen LogP contribution in [0.4, 0.5) is 24.5 Å². The van der Waals surface area contributed by atoms with Crippen LogP contribution < -0.4 is 10.7 Å². The molecule has 2 fully saturated rings. The molecule has 2 aromatic rings. The highest BCUT2D eigenvalue weighted by Gasteiger charge is 2.32. The number of morpholine rings is 1. The van der Waals surface area contributed by atoms with E-state index >= 15 is 0 Å². The van der Waals surface area contributed by atoms with Crippen LogP contribution in [0, 0.1) is 17.5 Å². The molecule has 4 rings (SSSR count). The molecule has 1 atom stereocenters. The maximum absolute atomic E-state index is 14.9. The average molecular weight is 494 g/mol. The largest absolute Gasteiger partial charge is 0.439 e. The minimum absolute atomic E-state index is 0.000926. The summed E-state index contributed by atoms with van der Waals surface area (Å²) < 4.78 is 55.0. The molecule has 2 aliphatic rings. The summed E-state index contributed by atoms with van der Waals surface area (Å²) in [7, 11) is 1.69. The number of aryl methyl sites for hydroxylation is 1. The average Bonchev–Trinajstić information content (AvgIpc) is 3.22. The second kappa shape index (κ2) is 11.7. The monoisotopic (exact) mass is 493 g/mol. The number of rotatable bonds is 9. The number of amidine groups is 1. The highest BCUT2D eigenvalue weighted by molar-refractivity contribution is 5.76. The van der Waals surface area contributed by atoms with E-state index in [0.29, 0.717) is 38.2 Å². The van der Waals surface area contributed by atoms with Crippen LogP contribution in [0.1, 0.15) is 23.8 Å². The SMILES string of the molecule is CN1NC(=NCCN2CCOCC2)OC1c1ccc(F)c(F)c1Nc1ccc(CCCO)cc1F. The van der Waals surface area contributed by atoms with E-state index in [2.05, 4.69) is 20.6 Å². The molecule has 11 heteroatoms. The van der Waals surface area contributed by atoms with E-state index in [1.165, 1.54) is 18.2 Å². The van der Waals surface area contributed by atoms with E-state index in [9.17, 15) is 13.2 Å². The van der Waals surface area contributed by atoms with Crippen LogP contribution in [0.15, 0.2) is 35.3 Å². The van der Waals surface area contributed by atoms with Gasteiger partial charge >= 0.3 is 6.02 Å². The Kier molecular flexibility index (Phi) is 8.45. The summed E-state index contributed by atoms with van der Waals surface area (Å²) in [5.41, 5.74) is 3.73. The number of hydrogen-bond acceptors (Lipinski definition) is 7. The molecule has 2 aliphatic heterocycles. The second-order valence-electron chi connectivity index (χ2n) is 8.43. The Morgan fingerprint density at radius 3 is 2.69 bits per heavy atom. The van der Waals surface area contributed by atoms with E-state index in [-0.39, 0.29) is 29.6 Å². The standard InChI is InChI=1S/C24H30F3N5O3/c1-31-23(35-24(30-31)28-8-9-32-10-13-34-14-11-32)17-5-6-18(25)21(27)22(17)29-20-7-4-16(3-2-12-33)15-19(20)26/h4-7,15,23,29,33H,2-3,8-14H2,1H3,(H,28,30). The van der Waals surface area contributed by atoms with Crippen LogP contribution in [0.25, 0.3) is 0 Å². The Morgan fingerprint density at radius 1 is 1.14 bits per heavy atom. The van der Waals surface area contributed by atoms with Crippen molar-refractivity contribution in [2.45, 2.75) is 19.1 Å². The highest BCUT2D eigenvalue weighted by Crippen LogP contribution is 2.35. The van der Waals surface area contributed by atoms with Crippen LogP contribution in [0.3, 0.4) is 0 Å². The van der Waals surface area contributed by atoms with Gasteiger partial charge in [-0.2, -0.15) is 5.01 Å². The van der Waals surface area contributed by atoms with Gasteiger partial charge in [-0.3, -0.25) is 10.3 Å². The first-order valence-electron chi connectivity index (χ1n) is 11.6. The van der Waals surface area contributed by atoms with Gasteiger partial charge in [-0.15, -0.1) is 0 Å². The van der Waals surface area contributed by atoms with E-state index in [1.807, 2.05) is 0 Å². The van der Waals surface area contributed by atoms with Crippen molar-refractivity contribution in [3.63, 3.8) is 0 Å². The Bertz CT molecular complexity index is 1050. The van der Waals surface area contributed by atoms with Crippen molar-refractivity contribution in [3.05, 3.63) is 58.9 Å². The lowest BCUT2D eigenvalue weighted by Crippen LogP contribution is -2.38. The Balaban J connectivity index is 1.50. The fourth-order valence-electron chi connectivity index (χ4n) is 4.01. The minimum atomic E-state index is -1.14.